The first-order chi connectivity index (χ1) is 19.2. The van der Waals surface area contributed by atoms with Crippen LogP contribution >= 0.6 is 11.8 Å². The number of aromatic carboxylic acids is 1. The zero-order valence-electron chi connectivity index (χ0n) is 22.1. The van der Waals surface area contributed by atoms with Crippen LogP contribution in [0.1, 0.15) is 47.7 Å². The lowest BCUT2D eigenvalue weighted by atomic mass is 9.81. The Kier molecular flexibility index (Phi) is 9.83. The summed E-state index contributed by atoms with van der Waals surface area (Å²) in [6.07, 6.45) is 3.04. The van der Waals surface area contributed by atoms with Crippen LogP contribution in [0.25, 0.3) is 0 Å². The van der Waals surface area contributed by atoms with Crippen molar-refractivity contribution in [3.8, 4) is 17.2 Å². The van der Waals surface area contributed by atoms with E-state index in [2.05, 4.69) is 17.2 Å². The molecule has 1 unspecified atom stereocenters. The van der Waals surface area contributed by atoms with E-state index in [9.17, 15) is 18.4 Å². The Morgan fingerprint density at radius 1 is 1.32 bits per heavy atom. The third kappa shape index (κ3) is 7.41. The molecule has 2 aliphatic heterocycles. The molecule has 0 aliphatic carbocycles. The number of ether oxygens (including phenoxy) is 3. The van der Waals surface area contributed by atoms with Crippen LogP contribution in [0.15, 0.2) is 53.7 Å². The molecule has 1 fully saturated rings. The van der Waals surface area contributed by atoms with Crippen molar-refractivity contribution in [2.45, 2.75) is 38.1 Å². The second-order valence-electron chi connectivity index (χ2n) is 9.94. The van der Waals surface area contributed by atoms with E-state index in [1.54, 1.807) is 6.07 Å². The van der Waals surface area contributed by atoms with Gasteiger partial charge < -0.3 is 30.0 Å². The number of nitrogens with one attached hydrogen (secondary N) is 2. The van der Waals surface area contributed by atoms with Gasteiger partial charge in [-0.15, -0.1) is 0 Å². The van der Waals surface area contributed by atoms with Gasteiger partial charge in [-0.1, -0.05) is 18.3 Å². The average Bonchev–Trinajstić information content (AvgIpc) is 2.91. The van der Waals surface area contributed by atoms with Crippen LogP contribution in [0.5, 0.6) is 17.2 Å². The maximum Gasteiger partial charge on any atom is 0.338 e. The molecule has 40 heavy (non-hydrogen) atoms. The van der Waals surface area contributed by atoms with Gasteiger partial charge in [-0.05, 0) is 61.6 Å². The highest BCUT2D eigenvalue weighted by Crippen LogP contribution is 2.41. The van der Waals surface area contributed by atoms with Gasteiger partial charge in [0.15, 0.2) is 11.5 Å². The monoisotopic (exact) mass is 574 g/mol. The predicted molar refractivity (Wildman–Crippen MR) is 148 cm³/mol. The van der Waals surface area contributed by atoms with E-state index in [1.165, 1.54) is 11.5 Å². The predicted octanol–water partition coefficient (Wildman–Crippen LogP) is 5.63. The second-order valence-corrected chi connectivity index (χ2v) is 10.9. The lowest BCUT2D eigenvalue weighted by Gasteiger charge is -2.37. The maximum absolute atomic E-state index is 14.4. The number of hydrogen-bond acceptors (Lipinski definition) is 7. The van der Waals surface area contributed by atoms with Gasteiger partial charge in [0.05, 0.1) is 30.1 Å². The first kappa shape index (κ1) is 29.6. The summed E-state index contributed by atoms with van der Waals surface area (Å²) < 4.78 is 44.6. The SMILES string of the molecule is C=C(NC(=O)C[C@@]1(C)NCCc2cc(OCC3CCCOC3)c(Oc3ccc(C(=O)O)c(F)c3)cc21)S/C=C\F. The average molecular weight is 575 g/mol. The molecule has 0 saturated carbocycles. The number of amides is 1. The summed E-state index contributed by atoms with van der Waals surface area (Å²) >= 11 is 0.963. The van der Waals surface area contributed by atoms with E-state index in [0.717, 1.165) is 54.5 Å². The van der Waals surface area contributed by atoms with E-state index in [4.69, 9.17) is 19.3 Å². The van der Waals surface area contributed by atoms with Crippen molar-refractivity contribution in [3.63, 3.8) is 0 Å². The topological polar surface area (TPSA) is 106 Å². The molecule has 2 heterocycles. The summed E-state index contributed by atoms with van der Waals surface area (Å²) in [7, 11) is 0. The number of carboxylic acids is 1. The molecule has 1 saturated heterocycles. The van der Waals surface area contributed by atoms with Crippen LogP contribution in [-0.2, 0) is 21.5 Å². The number of carbonyl (C=O) groups excluding carboxylic acids is 1. The fourth-order valence-electron chi connectivity index (χ4n) is 4.91. The number of fused-ring (bicyclic) bond motifs is 1. The molecule has 0 bridgehead atoms. The molecule has 4 rings (SSSR count). The summed E-state index contributed by atoms with van der Waals surface area (Å²) in [5.41, 5.74) is 0.528. The maximum atomic E-state index is 14.4. The molecule has 1 amide bonds. The Hall–Kier alpha value is -3.41. The summed E-state index contributed by atoms with van der Waals surface area (Å²) in [6.45, 7) is 7.99. The fourth-order valence-corrected chi connectivity index (χ4v) is 5.29. The minimum atomic E-state index is -1.38. The molecule has 11 heteroatoms. The van der Waals surface area contributed by atoms with Gasteiger partial charge in [0.1, 0.15) is 11.6 Å². The summed E-state index contributed by atoms with van der Waals surface area (Å²) in [5.74, 6) is -1.51. The van der Waals surface area contributed by atoms with E-state index in [-0.39, 0.29) is 24.0 Å². The van der Waals surface area contributed by atoms with Crippen molar-refractivity contribution in [3.05, 3.63) is 76.2 Å². The third-order valence-electron chi connectivity index (χ3n) is 6.86. The van der Waals surface area contributed by atoms with Gasteiger partial charge in [-0.2, -0.15) is 0 Å². The van der Waals surface area contributed by atoms with Crippen LogP contribution in [0.3, 0.4) is 0 Å². The number of halogens is 2. The zero-order chi connectivity index (χ0) is 28.7. The largest absolute Gasteiger partial charge is 0.489 e. The van der Waals surface area contributed by atoms with Crippen molar-refractivity contribution < 1.29 is 37.7 Å². The molecule has 0 spiro atoms. The number of rotatable bonds is 11. The molecule has 2 aromatic carbocycles. The Morgan fingerprint density at radius 3 is 2.85 bits per heavy atom. The molecule has 2 aliphatic rings. The minimum Gasteiger partial charge on any atom is -0.489 e. The normalized spacial score (nSPS) is 20.5. The van der Waals surface area contributed by atoms with Crippen molar-refractivity contribution in [2.24, 2.45) is 5.92 Å². The molecule has 3 N–H and O–H groups in total. The van der Waals surface area contributed by atoms with Gasteiger partial charge >= 0.3 is 5.97 Å². The van der Waals surface area contributed by atoms with E-state index in [1.807, 2.05) is 13.0 Å². The van der Waals surface area contributed by atoms with Crippen molar-refractivity contribution in [2.75, 3.05) is 26.4 Å². The molecule has 2 atom stereocenters. The standard InChI is InChI=1S/C29H32F2N2O6S/c1-18(40-11-8-30)33-27(34)15-29(2)23-14-26(39-21-5-6-22(28(35)36)24(31)13-21)25(12-20(23)7-9-32-29)38-17-19-4-3-10-37-16-19/h5-6,8,11-14,19,32H,1,3-4,7,9-10,15-17H2,2H3,(H,33,34)(H,35,36)/b11-8-/t19?,29-/m1/s1. The molecule has 0 aromatic heterocycles. The van der Waals surface area contributed by atoms with Crippen LogP contribution in [0, 0.1) is 11.7 Å². The van der Waals surface area contributed by atoms with Gasteiger partial charge in [-0.3, -0.25) is 4.79 Å². The lowest BCUT2D eigenvalue weighted by molar-refractivity contribution is -0.121. The molecule has 8 nitrogen and oxygen atoms in total. The quantitative estimate of drug-likeness (QED) is 0.317. The van der Waals surface area contributed by atoms with Crippen LogP contribution in [-0.4, -0.2) is 43.3 Å². The minimum absolute atomic E-state index is 0.0555. The fraction of sp³-hybridized carbons (Fsp3) is 0.379. The van der Waals surface area contributed by atoms with Crippen molar-refractivity contribution in [1.29, 1.82) is 0 Å². The van der Waals surface area contributed by atoms with Crippen molar-refractivity contribution in [1.82, 2.24) is 10.6 Å². The highest BCUT2D eigenvalue weighted by Gasteiger charge is 2.35. The van der Waals surface area contributed by atoms with Gasteiger partial charge in [0.2, 0.25) is 5.91 Å². The number of benzene rings is 2. The Morgan fingerprint density at radius 2 is 2.15 bits per heavy atom. The van der Waals surface area contributed by atoms with Crippen LogP contribution < -0.4 is 20.1 Å². The summed E-state index contributed by atoms with van der Waals surface area (Å²) in [4.78, 5) is 24.1. The first-order valence-electron chi connectivity index (χ1n) is 12.9. The second kappa shape index (κ2) is 13.3. The highest BCUT2D eigenvalue weighted by molar-refractivity contribution is 8.05. The third-order valence-corrected chi connectivity index (χ3v) is 7.48. The lowest BCUT2D eigenvalue weighted by Crippen LogP contribution is -2.47. The number of carboxylic acid groups (broad SMARTS) is 1. The first-order valence-corrected chi connectivity index (χ1v) is 13.8. The van der Waals surface area contributed by atoms with Crippen molar-refractivity contribution >= 4 is 23.6 Å². The van der Waals surface area contributed by atoms with Crippen LogP contribution in [0.4, 0.5) is 8.78 Å². The number of thioether (sulfide) groups is 1. The Balaban J connectivity index is 1.63. The van der Waals surface area contributed by atoms with E-state index < -0.39 is 22.9 Å². The van der Waals surface area contributed by atoms with E-state index >= 15 is 0 Å². The van der Waals surface area contributed by atoms with Gasteiger partial charge in [0.25, 0.3) is 0 Å². The summed E-state index contributed by atoms with van der Waals surface area (Å²) in [5, 5.41) is 16.7. The molecule has 214 valence electrons. The molecule has 0 radical (unpaired) electrons. The summed E-state index contributed by atoms with van der Waals surface area (Å²) in [6, 6.07) is 7.20. The highest BCUT2D eigenvalue weighted by atomic mass is 32.2. The van der Waals surface area contributed by atoms with Gasteiger partial charge in [-0.25, -0.2) is 13.6 Å². The van der Waals surface area contributed by atoms with Crippen LogP contribution in [0.2, 0.25) is 0 Å². The Labute approximate surface area is 235 Å². The number of hydrogen-bond donors (Lipinski definition) is 3. The molecular formula is C29H32F2N2O6S. The molecular weight excluding hydrogens is 542 g/mol. The molecule has 2 aromatic rings. The van der Waals surface area contributed by atoms with E-state index in [0.29, 0.717) is 49.0 Å². The van der Waals surface area contributed by atoms with Gasteiger partial charge in [0, 0.05) is 42.5 Å². The Bertz CT molecular complexity index is 1300. The smallest absolute Gasteiger partial charge is 0.338 e. The zero-order valence-corrected chi connectivity index (χ0v) is 23.0. The number of carbonyl (C=O) groups is 2.